The molecular weight excluding hydrogens is 374 g/mol. The van der Waals surface area contributed by atoms with Gasteiger partial charge in [0.1, 0.15) is 7.11 Å². The summed E-state index contributed by atoms with van der Waals surface area (Å²) >= 11 is 0. The summed E-state index contributed by atoms with van der Waals surface area (Å²) < 4.78 is 6.57. The molecule has 3 nitrogen and oxygen atoms in total. The zero-order chi connectivity index (χ0) is 21.0. The van der Waals surface area contributed by atoms with E-state index in [1.54, 1.807) is 7.11 Å². The Kier molecular flexibility index (Phi) is 5.77. The van der Waals surface area contributed by atoms with Gasteiger partial charge in [-0.25, -0.2) is 0 Å². The molecule has 166 valence electrons. The van der Waals surface area contributed by atoms with Crippen LogP contribution in [0.25, 0.3) is 0 Å². The summed E-state index contributed by atoms with van der Waals surface area (Å²) in [4.78, 5) is 5.16. The molecule has 0 aromatic carbocycles. The molecule has 8 atom stereocenters. The third-order valence-electron chi connectivity index (χ3n) is 9.88. The zero-order valence-corrected chi connectivity index (χ0v) is 21.1. The highest BCUT2D eigenvalue weighted by Crippen LogP contribution is 2.67. The minimum absolute atomic E-state index is 0.439. The fourth-order valence-electron chi connectivity index (χ4n) is 8.72. The summed E-state index contributed by atoms with van der Waals surface area (Å²) in [6.07, 6.45) is 13.0. The van der Waals surface area contributed by atoms with Gasteiger partial charge in [-0.2, -0.15) is 0 Å². The van der Waals surface area contributed by atoms with Crippen molar-refractivity contribution in [3.63, 3.8) is 0 Å². The smallest absolute Gasteiger partial charge is 0.184 e. The van der Waals surface area contributed by atoms with Gasteiger partial charge in [0.25, 0.3) is 0 Å². The lowest BCUT2D eigenvalue weighted by atomic mass is 9.44. The molecule has 0 aliphatic heterocycles. The van der Waals surface area contributed by atoms with E-state index in [0.29, 0.717) is 22.9 Å². The highest BCUT2D eigenvalue weighted by Gasteiger charge is 2.60. The van der Waals surface area contributed by atoms with Crippen molar-refractivity contribution in [2.24, 2.45) is 45.6 Å². The molecule has 4 fully saturated rings. The van der Waals surface area contributed by atoms with Gasteiger partial charge in [-0.15, -0.1) is 0 Å². The number of hydrogen-bond donors (Lipinski definition) is 0. The predicted molar refractivity (Wildman–Crippen MR) is 124 cm³/mol. The first-order valence-corrected chi connectivity index (χ1v) is 15.7. The Morgan fingerprint density at radius 1 is 0.897 bits per heavy atom. The molecule has 0 aromatic heterocycles. The van der Waals surface area contributed by atoms with Gasteiger partial charge in [-0.3, -0.25) is 0 Å². The molecule has 0 spiro atoms. The van der Waals surface area contributed by atoms with E-state index >= 15 is 0 Å². The average Bonchev–Trinajstić information content (AvgIpc) is 2.98. The van der Waals surface area contributed by atoms with E-state index in [0.717, 1.165) is 23.7 Å². The molecule has 0 N–H and O–H groups in total. The van der Waals surface area contributed by atoms with Gasteiger partial charge in [0.2, 0.25) is 0 Å². The average molecular weight is 420 g/mol. The fourth-order valence-corrected chi connectivity index (χ4v) is 9.93. The van der Waals surface area contributed by atoms with Crippen LogP contribution in [-0.4, -0.2) is 27.2 Å². The minimum atomic E-state index is -1.43. The maximum absolute atomic E-state index is 6.57. The van der Waals surface area contributed by atoms with Gasteiger partial charge < -0.3 is 9.26 Å². The van der Waals surface area contributed by atoms with Crippen molar-refractivity contribution >= 4 is 14.0 Å². The Balaban J connectivity index is 1.51. The topological polar surface area (TPSA) is 30.8 Å². The van der Waals surface area contributed by atoms with E-state index in [-0.39, 0.29) is 0 Å². The van der Waals surface area contributed by atoms with Crippen molar-refractivity contribution in [2.75, 3.05) is 7.11 Å². The second-order valence-electron chi connectivity index (χ2n) is 12.4. The normalized spacial score (nSPS) is 47.9. The monoisotopic (exact) mass is 419 g/mol. The van der Waals surface area contributed by atoms with Crippen LogP contribution < -0.4 is 0 Å². The molecular formula is C25H45NO2Si. The first-order valence-electron chi connectivity index (χ1n) is 12.3. The minimum Gasteiger partial charge on any atom is -0.415 e. The van der Waals surface area contributed by atoms with Crippen molar-refractivity contribution in [3.05, 3.63) is 0 Å². The van der Waals surface area contributed by atoms with Crippen molar-refractivity contribution in [1.29, 1.82) is 0 Å². The van der Waals surface area contributed by atoms with Crippen LogP contribution in [0.5, 0.6) is 0 Å². The number of rotatable bonds is 4. The van der Waals surface area contributed by atoms with Gasteiger partial charge in [-0.1, -0.05) is 19.0 Å². The summed E-state index contributed by atoms with van der Waals surface area (Å²) in [6, 6.07) is 0. The Morgan fingerprint density at radius 3 is 2.28 bits per heavy atom. The molecule has 4 aliphatic carbocycles. The first kappa shape index (κ1) is 21.9. The molecule has 0 saturated heterocycles. The SMILES string of the molecule is CON=C(C)[C@H]1CCC2C3CC[C@@H]4C[C@H](O[Si](C)(C)C)CC[C@]4(C)C3CC[C@@]21C. The quantitative estimate of drug-likeness (QED) is 0.282. The summed E-state index contributed by atoms with van der Waals surface area (Å²) in [5.74, 6) is 4.27. The van der Waals surface area contributed by atoms with Crippen molar-refractivity contribution in [1.82, 2.24) is 0 Å². The highest BCUT2D eigenvalue weighted by atomic mass is 28.4. The van der Waals surface area contributed by atoms with E-state index in [4.69, 9.17) is 9.26 Å². The van der Waals surface area contributed by atoms with Crippen LogP contribution in [0, 0.1) is 40.4 Å². The molecule has 0 radical (unpaired) electrons. The van der Waals surface area contributed by atoms with Crippen molar-refractivity contribution in [2.45, 2.75) is 104 Å². The van der Waals surface area contributed by atoms with Crippen LogP contribution >= 0.6 is 0 Å². The Bertz CT molecular complexity index is 643. The van der Waals surface area contributed by atoms with Crippen LogP contribution in [0.2, 0.25) is 19.6 Å². The van der Waals surface area contributed by atoms with E-state index in [2.05, 4.69) is 45.6 Å². The zero-order valence-electron chi connectivity index (χ0n) is 20.1. The summed E-state index contributed by atoms with van der Waals surface area (Å²) in [7, 11) is 0.259. The number of fused-ring (bicyclic) bond motifs is 5. The van der Waals surface area contributed by atoms with Crippen molar-refractivity contribution in [3.8, 4) is 0 Å². The summed E-state index contributed by atoms with van der Waals surface area (Å²) in [5, 5.41) is 4.37. The first-order chi connectivity index (χ1) is 13.6. The van der Waals surface area contributed by atoms with Crippen LogP contribution in [0.1, 0.15) is 78.6 Å². The number of hydrogen-bond acceptors (Lipinski definition) is 3. The molecule has 4 heteroatoms. The van der Waals surface area contributed by atoms with Gasteiger partial charge in [0, 0.05) is 12.0 Å². The van der Waals surface area contributed by atoms with Gasteiger partial charge in [0.15, 0.2) is 8.32 Å². The molecule has 4 rings (SSSR count). The molecule has 0 bridgehead atoms. The third kappa shape index (κ3) is 3.75. The lowest BCUT2D eigenvalue weighted by Gasteiger charge is -2.61. The maximum atomic E-state index is 6.57. The lowest BCUT2D eigenvalue weighted by molar-refractivity contribution is -0.121. The molecule has 0 heterocycles. The Hall–Kier alpha value is -0.353. The second-order valence-corrected chi connectivity index (χ2v) is 16.8. The van der Waals surface area contributed by atoms with Crippen molar-refractivity contribution < 1.29 is 9.26 Å². The summed E-state index contributed by atoms with van der Waals surface area (Å²) in [6.45, 7) is 14.5. The van der Waals surface area contributed by atoms with Crippen LogP contribution in [0.15, 0.2) is 5.16 Å². The maximum Gasteiger partial charge on any atom is 0.184 e. The Morgan fingerprint density at radius 2 is 1.59 bits per heavy atom. The van der Waals surface area contributed by atoms with Gasteiger partial charge >= 0.3 is 0 Å². The summed E-state index contributed by atoms with van der Waals surface area (Å²) in [5.41, 5.74) is 2.23. The number of nitrogens with zero attached hydrogens (tertiary/aromatic N) is 1. The van der Waals surface area contributed by atoms with Crippen LogP contribution in [0.3, 0.4) is 0 Å². The molecule has 29 heavy (non-hydrogen) atoms. The van der Waals surface area contributed by atoms with Crippen LogP contribution in [0.4, 0.5) is 0 Å². The van der Waals surface area contributed by atoms with Crippen LogP contribution in [-0.2, 0) is 9.26 Å². The predicted octanol–water partition coefficient (Wildman–Crippen LogP) is 6.89. The fraction of sp³-hybridized carbons (Fsp3) is 0.960. The third-order valence-corrected chi connectivity index (χ3v) is 10.9. The molecule has 4 aliphatic rings. The standard InChI is InChI=1S/C25H45NO2Si/c1-17(26-27-4)21-10-11-22-20-9-8-18-16-19(28-29(5,6)7)12-14-24(18,2)23(20)13-15-25(21,22)3/h18-23H,8-16H2,1-7H3/t18-,19-,20?,21-,22?,23?,24+,25-/m1/s1. The van der Waals surface area contributed by atoms with Gasteiger partial charge in [0.05, 0.1) is 5.71 Å². The molecule has 0 aromatic rings. The lowest BCUT2D eigenvalue weighted by Crippen LogP contribution is -2.54. The largest absolute Gasteiger partial charge is 0.415 e. The highest BCUT2D eigenvalue weighted by molar-refractivity contribution is 6.69. The van der Waals surface area contributed by atoms with E-state index in [1.165, 1.54) is 63.5 Å². The van der Waals surface area contributed by atoms with E-state index in [1.807, 2.05) is 0 Å². The number of oxime groups is 1. The molecule has 4 saturated carbocycles. The van der Waals surface area contributed by atoms with E-state index < -0.39 is 8.32 Å². The molecule has 3 unspecified atom stereocenters. The van der Waals surface area contributed by atoms with E-state index in [9.17, 15) is 0 Å². The second kappa shape index (κ2) is 7.65. The van der Waals surface area contributed by atoms with Gasteiger partial charge in [-0.05, 0) is 119 Å². The molecule has 0 amide bonds. The Labute approximate surface area is 180 Å².